The number of nitrogens with zero attached hydrogens (tertiary/aromatic N) is 3. The molecule has 0 fully saturated rings. The van der Waals surface area contributed by atoms with Gasteiger partial charge in [0.15, 0.2) is 0 Å². The van der Waals surface area contributed by atoms with Crippen LogP contribution in [-0.4, -0.2) is 4.40 Å². The fourth-order valence-electron chi connectivity index (χ4n) is 2.55. The summed E-state index contributed by atoms with van der Waals surface area (Å²) in [4.78, 5) is 0. The highest BCUT2D eigenvalue weighted by Gasteiger charge is 2.16. The summed E-state index contributed by atoms with van der Waals surface area (Å²) in [6.07, 6.45) is 1.78. The summed E-state index contributed by atoms with van der Waals surface area (Å²) in [6, 6.07) is 17.8. The van der Waals surface area contributed by atoms with Crippen molar-refractivity contribution in [1.29, 1.82) is 10.5 Å². The number of nitriles is 2. The van der Waals surface area contributed by atoms with Gasteiger partial charge in [0, 0.05) is 11.8 Å². The molecule has 20 heavy (non-hydrogen) atoms. The number of aromatic nitrogens is 1. The van der Waals surface area contributed by atoms with E-state index >= 15 is 0 Å². The van der Waals surface area contributed by atoms with Crippen molar-refractivity contribution in [3.05, 3.63) is 65.5 Å². The Labute approximate surface area is 116 Å². The summed E-state index contributed by atoms with van der Waals surface area (Å²) in [5, 5.41) is 18.5. The fourth-order valence-corrected chi connectivity index (χ4v) is 2.55. The van der Waals surface area contributed by atoms with Crippen LogP contribution in [0.4, 0.5) is 0 Å². The Morgan fingerprint density at radius 1 is 1.00 bits per heavy atom. The second-order valence-electron chi connectivity index (χ2n) is 4.61. The maximum Gasteiger partial charge on any atom is 0.133 e. The molecule has 94 valence electrons. The first-order chi connectivity index (χ1) is 9.76. The monoisotopic (exact) mass is 257 g/mol. The third-order valence-corrected chi connectivity index (χ3v) is 3.49. The van der Waals surface area contributed by atoms with Gasteiger partial charge < -0.3 is 4.40 Å². The highest BCUT2D eigenvalue weighted by molar-refractivity contribution is 5.82. The smallest absolute Gasteiger partial charge is 0.133 e. The lowest BCUT2D eigenvalue weighted by Crippen LogP contribution is -1.89. The van der Waals surface area contributed by atoms with E-state index in [0.717, 1.165) is 22.2 Å². The van der Waals surface area contributed by atoms with Crippen LogP contribution in [0.25, 0.3) is 16.6 Å². The Kier molecular flexibility index (Phi) is 2.75. The molecule has 2 aromatic heterocycles. The zero-order valence-corrected chi connectivity index (χ0v) is 11.0. The standard InChI is InChI=1S/C17H11N3/c1-12-15-9-13(10-18)7-8-20(15)16(11-19)17(12)14-5-3-2-4-6-14/h2-9H,1H3. The van der Waals surface area contributed by atoms with E-state index in [2.05, 4.69) is 12.1 Å². The third-order valence-electron chi connectivity index (χ3n) is 3.49. The predicted octanol–water partition coefficient (Wildman–Crippen LogP) is 3.66. The maximum absolute atomic E-state index is 9.48. The largest absolute Gasteiger partial charge is 0.307 e. The van der Waals surface area contributed by atoms with Crippen LogP contribution >= 0.6 is 0 Å². The maximum atomic E-state index is 9.48. The van der Waals surface area contributed by atoms with E-state index in [-0.39, 0.29) is 0 Å². The quantitative estimate of drug-likeness (QED) is 0.668. The Bertz CT molecular complexity index is 874. The van der Waals surface area contributed by atoms with Gasteiger partial charge in [-0.05, 0) is 30.2 Å². The average Bonchev–Trinajstić information content (AvgIpc) is 2.80. The van der Waals surface area contributed by atoms with Crippen LogP contribution in [0.1, 0.15) is 16.8 Å². The SMILES string of the molecule is Cc1c(-c2ccccc2)c(C#N)n2ccc(C#N)cc12. The molecule has 3 heteroatoms. The van der Waals surface area contributed by atoms with Crippen LogP contribution in [0, 0.1) is 29.6 Å². The number of hydrogen-bond donors (Lipinski definition) is 0. The number of hydrogen-bond acceptors (Lipinski definition) is 2. The molecule has 3 nitrogen and oxygen atoms in total. The highest BCUT2D eigenvalue weighted by Crippen LogP contribution is 2.32. The van der Waals surface area contributed by atoms with Gasteiger partial charge in [-0.2, -0.15) is 10.5 Å². The molecule has 0 saturated heterocycles. The van der Waals surface area contributed by atoms with E-state index < -0.39 is 0 Å². The first-order valence-electron chi connectivity index (χ1n) is 6.26. The van der Waals surface area contributed by atoms with Gasteiger partial charge in [-0.1, -0.05) is 30.3 Å². The molecule has 0 radical (unpaired) electrons. The normalized spacial score (nSPS) is 10.2. The lowest BCUT2D eigenvalue weighted by atomic mass is 10.0. The fraction of sp³-hybridized carbons (Fsp3) is 0.0588. The van der Waals surface area contributed by atoms with Gasteiger partial charge in [0.2, 0.25) is 0 Å². The number of benzene rings is 1. The van der Waals surface area contributed by atoms with Crippen LogP contribution in [0.2, 0.25) is 0 Å². The number of pyridine rings is 1. The lowest BCUT2D eigenvalue weighted by molar-refractivity contribution is 1.15. The van der Waals surface area contributed by atoms with Gasteiger partial charge in [-0.3, -0.25) is 0 Å². The van der Waals surface area contributed by atoms with Gasteiger partial charge in [-0.25, -0.2) is 0 Å². The van der Waals surface area contributed by atoms with Crippen LogP contribution in [0.5, 0.6) is 0 Å². The van der Waals surface area contributed by atoms with E-state index in [1.807, 2.05) is 47.7 Å². The van der Waals surface area contributed by atoms with Crippen molar-refractivity contribution >= 4 is 5.52 Å². The van der Waals surface area contributed by atoms with Crippen molar-refractivity contribution in [2.75, 3.05) is 0 Å². The van der Waals surface area contributed by atoms with E-state index in [0.29, 0.717) is 11.3 Å². The molecule has 0 amide bonds. The van der Waals surface area contributed by atoms with Crippen molar-refractivity contribution in [3.8, 4) is 23.3 Å². The minimum atomic E-state index is 0.599. The molecule has 0 N–H and O–H groups in total. The summed E-state index contributed by atoms with van der Waals surface area (Å²) in [7, 11) is 0. The van der Waals surface area contributed by atoms with Crippen molar-refractivity contribution < 1.29 is 0 Å². The van der Waals surface area contributed by atoms with E-state index in [4.69, 9.17) is 5.26 Å². The predicted molar refractivity (Wildman–Crippen MR) is 77.0 cm³/mol. The Morgan fingerprint density at radius 3 is 2.40 bits per heavy atom. The summed E-state index contributed by atoms with van der Waals surface area (Å²) >= 11 is 0. The summed E-state index contributed by atoms with van der Waals surface area (Å²) in [5.74, 6) is 0. The third kappa shape index (κ3) is 1.66. The summed E-state index contributed by atoms with van der Waals surface area (Å²) in [5.41, 5.74) is 5.08. The molecule has 0 aliphatic heterocycles. The molecule has 0 bridgehead atoms. The summed E-state index contributed by atoms with van der Waals surface area (Å²) < 4.78 is 1.85. The minimum absolute atomic E-state index is 0.599. The molecule has 2 heterocycles. The van der Waals surface area contributed by atoms with Gasteiger partial charge in [0.05, 0.1) is 17.1 Å². The first kappa shape index (κ1) is 12.0. The Morgan fingerprint density at radius 2 is 1.75 bits per heavy atom. The highest BCUT2D eigenvalue weighted by atomic mass is 14.9. The Hall–Kier alpha value is -3.04. The second kappa shape index (κ2) is 4.57. The molecule has 0 unspecified atom stereocenters. The van der Waals surface area contributed by atoms with Gasteiger partial charge in [0.1, 0.15) is 11.8 Å². The average molecular weight is 257 g/mol. The van der Waals surface area contributed by atoms with Crippen molar-refractivity contribution in [3.63, 3.8) is 0 Å². The van der Waals surface area contributed by atoms with Crippen molar-refractivity contribution in [1.82, 2.24) is 4.40 Å². The zero-order chi connectivity index (χ0) is 14.1. The molecular formula is C17H11N3. The molecule has 0 spiro atoms. The van der Waals surface area contributed by atoms with E-state index in [9.17, 15) is 5.26 Å². The lowest BCUT2D eigenvalue weighted by Gasteiger charge is -2.00. The van der Waals surface area contributed by atoms with Crippen LogP contribution in [-0.2, 0) is 0 Å². The topological polar surface area (TPSA) is 52.0 Å². The zero-order valence-electron chi connectivity index (χ0n) is 11.0. The van der Waals surface area contributed by atoms with E-state index in [1.165, 1.54) is 0 Å². The van der Waals surface area contributed by atoms with Gasteiger partial charge >= 0.3 is 0 Å². The second-order valence-corrected chi connectivity index (χ2v) is 4.61. The molecule has 0 aliphatic carbocycles. The minimum Gasteiger partial charge on any atom is -0.307 e. The molecule has 3 rings (SSSR count). The first-order valence-corrected chi connectivity index (χ1v) is 6.26. The number of fused-ring (bicyclic) bond motifs is 1. The Balaban J connectivity index is 2.42. The van der Waals surface area contributed by atoms with Crippen LogP contribution in [0.3, 0.4) is 0 Å². The van der Waals surface area contributed by atoms with Crippen molar-refractivity contribution in [2.45, 2.75) is 6.92 Å². The summed E-state index contributed by atoms with van der Waals surface area (Å²) in [6.45, 7) is 1.99. The molecular weight excluding hydrogens is 246 g/mol. The van der Waals surface area contributed by atoms with Crippen LogP contribution in [0.15, 0.2) is 48.7 Å². The van der Waals surface area contributed by atoms with Gasteiger partial charge in [0.25, 0.3) is 0 Å². The number of rotatable bonds is 1. The van der Waals surface area contributed by atoms with E-state index in [1.54, 1.807) is 12.3 Å². The number of aryl methyl sites for hydroxylation is 1. The van der Waals surface area contributed by atoms with Crippen molar-refractivity contribution in [2.24, 2.45) is 0 Å². The molecule has 0 aliphatic rings. The molecule has 0 atom stereocenters. The molecule has 3 aromatic rings. The van der Waals surface area contributed by atoms with Crippen LogP contribution < -0.4 is 0 Å². The van der Waals surface area contributed by atoms with Gasteiger partial charge in [-0.15, -0.1) is 0 Å². The molecule has 1 aromatic carbocycles. The molecule has 0 saturated carbocycles.